The van der Waals surface area contributed by atoms with E-state index in [2.05, 4.69) is 4.57 Å². The Labute approximate surface area is 150 Å². The van der Waals surface area contributed by atoms with Crippen LogP contribution in [0.2, 0.25) is 0 Å². The van der Waals surface area contributed by atoms with Gasteiger partial charge < -0.3 is 18.5 Å². The van der Waals surface area contributed by atoms with Gasteiger partial charge in [-0.1, -0.05) is 18.2 Å². The lowest BCUT2D eigenvalue weighted by molar-refractivity contribution is 0.182. The van der Waals surface area contributed by atoms with Crippen molar-refractivity contribution < 1.29 is 13.9 Å². The van der Waals surface area contributed by atoms with E-state index in [0.29, 0.717) is 18.8 Å². The van der Waals surface area contributed by atoms with Gasteiger partial charge in [0.25, 0.3) is 0 Å². The summed E-state index contributed by atoms with van der Waals surface area (Å²) in [5, 5.41) is 1.93. The second-order valence-electron chi connectivity index (χ2n) is 6.14. The summed E-state index contributed by atoms with van der Waals surface area (Å²) in [6.07, 6.45) is 0. The molecule has 0 atom stereocenters. The Morgan fingerprint density at radius 1 is 1.00 bits per heavy atom. The lowest BCUT2D eigenvalue weighted by Gasteiger charge is -2.10. The topological polar surface area (TPSA) is 53.6 Å². The van der Waals surface area contributed by atoms with Gasteiger partial charge in [-0.2, -0.15) is 0 Å². The minimum Gasteiger partial charge on any atom is -0.487 e. The molecule has 4 aromatic rings. The Kier molecular flexibility index (Phi) is 4.22. The number of nitrogens with zero attached hydrogens (tertiary/aromatic N) is 1. The molecule has 0 N–H and O–H groups in total. The minimum atomic E-state index is -0.353. The summed E-state index contributed by atoms with van der Waals surface area (Å²) in [6.45, 7) is 0.870. The summed E-state index contributed by atoms with van der Waals surface area (Å²) in [6, 6.07) is 16.8. The van der Waals surface area contributed by atoms with Crippen LogP contribution in [0.15, 0.2) is 63.8 Å². The maximum absolute atomic E-state index is 11.5. The third kappa shape index (κ3) is 2.76. The molecular formula is C21H19NO4. The average Bonchev–Trinajstić information content (AvgIpc) is 2.93. The quantitative estimate of drug-likeness (QED) is 0.511. The molecule has 0 aliphatic heterocycles. The van der Waals surface area contributed by atoms with Gasteiger partial charge in [-0.05, 0) is 30.3 Å². The number of hydrogen-bond acceptors (Lipinski definition) is 4. The molecule has 0 radical (unpaired) electrons. The lowest BCUT2D eigenvalue weighted by atomic mass is 10.1. The van der Waals surface area contributed by atoms with E-state index < -0.39 is 0 Å². The summed E-state index contributed by atoms with van der Waals surface area (Å²) in [5.74, 6) is 0.817. The van der Waals surface area contributed by atoms with Crippen molar-refractivity contribution in [2.45, 2.75) is 13.2 Å². The van der Waals surface area contributed by atoms with Gasteiger partial charge in [0.1, 0.15) is 17.9 Å². The molecule has 26 heavy (non-hydrogen) atoms. The Bertz CT molecular complexity index is 1130. The molecule has 4 rings (SSSR count). The maximum atomic E-state index is 11.5. The largest absolute Gasteiger partial charge is 0.487 e. The molecule has 0 saturated heterocycles. The van der Waals surface area contributed by atoms with Crippen LogP contribution in [0.4, 0.5) is 0 Å². The lowest BCUT2D eigenvalue weighted by Crippen LogP contribution is -2.05. The van der Waals surface area contributed by atoms with Crippen LogP contribution in [-0.2, 0) is 25.0 Å². The van der Waals surface area contributed by atoms with Crippen LogP contribution in [0.3, 0.4) is 0 Å². The molecule has 0 fully saturated rings. The fourth-order valence-corrected chi connectivity index (χ4v) is 3.38. The van der Waals surface area contributed by atoms with Gasteiger partial charge in [-0.25, -0.2) is 4.79 Å². The highest BCUT2D eigenvalue weighted by atomic mass is 16.5. The predicted octanol–water partition coefficient (Wildman–Crippen LogP) is 4.01. The normalized spacial score (nSPS) is 11.3. The van der Waals surface area contributed by atoms with Gasteiger partial charge in [-0.15, -0.1) is 0 Å². The van der Waals surface area contributed by atoms with Crippen molar-refractivity contribution in [1.29, 1.82) is 0 Å². The van der Waals surface area contributed by atoms with Gasteiger partial charge in [0.05, 0.1) is 12.3 Å². The van der Waals surface area contributed by atoms with Crippen molar-refractivity contribution in [1.82, 2.24) is 4.57 Å². The zero-order chi connectivity index (χ0) is 18.1. The number of benzene rings is 2. The van der Waals surface area contributed by atoms with E-state index in [0.717, 1.165) is 33.3 Å². The van der Waals surface area contributed by atoms with Crippen molar-refractivity contribution in [2.24, 2.45) is 7.05 Å². The van der Waals surface area contributed by atoms with Crippen molar-refractivity contribution in [2.75, 3.05) is 7.11 Å². The van der Waals surface area contributed by atoms with Gasteiger partial charge >= 0.3 is 5.63 Å². The first-order chi connectivity index (χ1) is 12.7. The van der Waals surface area contributed by atoms with Crippen molar-refractivity contribution in [3.63, 3.8) is 0 Å². The monoisotopic (exact) mass is 349 g/mol. The average molecular weight is 349 g/mol. The molecule has 5 nitrogen and oxygen atoms in total. The summed E-state index contributed by atoms with van der Waals surface area (Å²) >= 11 is 0. The van der Waals surface area contributed by atoms with Crippen LogP contribution in [0.1, 0.15) is 11.3 Å². The molecule has 0 spiro atoms. The zero-order valence-corrected chi connectivity index (χ0v) is 14.7. The fourth-order valence-electron chi connectivity index (χ4n) is 3.38. The van der Waals surface area contributed by atoms with Crippen molar-refractivity contribution in [3.05, 3.63) is 76.3 Å². The molecule has 0 aliphatic rings. The first-order valence-corrected chi connectivity index (χ1v) is 8.39. The number of methoxy groups -OCH3 is 1. The number of hydrogen-bond donors (Lipinski definition) is 0. The third-order valence-corrected chi connectivity index (χ3v) is 4.60. The molecule has 0 bridgehead atoms. The van der Waals surface area contributed by atoms with Crippen LogP contribution in [0.25, 0.3) is 21.9 Å². The minimum absolute atomic E-state index is 0.353. The Balaban J connectivity index is 1.88. The Morgan fingerprint density at radius 3 is 2.58 bits per heavy atom. The van der Waals surface area contributed by atoms with Crippen LogP contribution in [0.5, 0.6) is 5.75 Å². The first-order valence-electron chi connectivity index (χ1n) is 8.39. The highest BCUT2D eigenvalue weighted by Gasteiger charge is 2.18. The number of rotatable bonds is 5. The van der Waals surface area contributed by atoms with E-state index in [1.807, 2.05) is 55.6 Å². The van der Waals surface area contributed by atoms with E-state index in [1.165, 1.54) is 6.07 Å². The van der Waals surface area contributed by atoms with Gasteiger partial charge in [0, 0.05) is 42.1 Å². The van der Waals surface area contributed by atoms with Gasteiger partial charge in [0.15, 0.2) is 0 Å². The second kappa shape index (κ2) is 6.69. The molecule has 2 aromatic carbocycles. The summed E-state index contributed by atoms with van der Waals surface area (Å²) in [4.78, 5) is 11.5. The summed E-state index contributed by atoms with van der Waals surface area (Å²) in [7, 11) is 3.68. The molecule has 0 saturated carbocycles. The maximum Gasteiger partial charge on any atom is 0.336 e. The smallest absolute Gasteiger partial charge is 0.336 e. The number of para-hydroxylation sites is 1. The summed E-state index contributed by atoms with van der Waals surface area (Å²) in [5.41, 5.74) is 3.34. The van der Waals surface area contributed by atoms with Gasteiger partial charge in [0.2, 0.25) is 0 Å². The van der Waals surface area contributed by atoms with E-state index >= 15 is 0 Å². The molecule has 0 aliphatic carbocycles. The van der Waals surface area contributed by atoms with Crippen LogP contribution < -0.4 is 10.4 Å². The highest BCUT2D eigenvalue weighted by molar-refractivity contribution is 6.07. The predicted molar refractivity (Wildman–Crippen MR) is 100 cm³/mol. The molecule has 0 unspecified atom stereocenters. The zero-order valence-electron chi connectivity index (χ0n) is 14.7. The van der Waals surface area contributed by atoms with E-state index in [-0.39, 0.29) is 5.63 Å². The Hall–Kier alpha value is -3.05. The molecule has 132 valence electrons. The molecule has 5 heteroatoms. The van der Waals surface area contributed by atoms with E-state index in [9.17, 15) is 4.79 Å². The first kappa shape index (κ1) is 16.4. The fraction of sp³-hybridized carbons (Fsp3) is 0.190. The third-order valence-electron chi connectivity index (χ3n) is 4.60. The number of aromatic nitrogens is 1. The van der Waals surface area contributed by atoms with Crippen molar-refractivity contribution in [3.8, 4) is 5.75 Å². The standard InChI is InChI=1S/C21H19NO4/c1-22-17-9-10-19-15(8-11-20(23)26-19)21(17)16(12-24-2)18(22)13-25-14-6-4-3-5-7-14/h3-11H,12-13H2,1-2H3. The van der Waals surface area contributed by atoms with E-state index in [4.69, 9.17) is 13.9 Å². The summed E-state index contributed by atoms with van der Waals surface area (Å²) < 4.78 is 18.9. The van der Waals surface area contributed by atoms with Crippen molar-refractivity contribution >= 4 is 21.9 Å². The highest BCUT2D eigenvalue weighted by Crippen LogP contribution is 2.33. The number of fused-ring (bicyclic) bond motifs is 3. The molecular weight excluding hydrogens is 330 g/mol. The number of ether oxygens (including phenoxy) is 2. The molecule has 2 heterocycles. The van der Waals surface area contributed by atoms with Crippen LogP contribution >= 0.6 is 0 Å². The van der Waals surface area contributed by atoms with E-state index in [1.54, 1.807) is 7.11 Å². The SMILES string of the molecule is COCc1c(COc2ccccc2)n(C)c2ccc3oc(=O)ccc3c12. The molecule has 0 amide bonds. The number of aryl methyl sites for hydroxylation is 1. The van der Waals surface area contributed by atoms with Gasteiger partial charge in [-0.3, -0.25) is 0 Å². The van der Waals surface area contributed by atoms with Crippen LogP contribution in [0, 0.1) is 0 Å². The Morgan fingerprint density at radius 2 is 1.81 bits per heavy atom. The van der Waals surface area contributed by atoms with Crippen LogP contribution in [-0.4, -0.2) is 11.7 Å². The second-order valence-corrected chi connectivity index (χ2v) is 6.14. The molecule has 2 aromatic heterocycles.